The van der Waals surface area contributed by atoms with E-state index in [0.29, 0.717) is 6.54 Å². The quantitative estimate of drug-likeness (QED) is 0.666. The van der Waals surface area contributed by atoms with Crippen molar-refractivity contribution in [2.45, 2.75) is 26.8 Å². The Morgan fingerprint density at radius 1 is 1.33 bits per heavy atom. The van der Waals surface area contributed by atoms with E-state index in [0.717, 1.165) is 34.0 Å². The van der Waals surface area contributed by atoms with E-state index in [-0.39, 0.29) is 5.28 Å². The van der Waals surface area contributed by atoms with Crippen LogP contribution in [-0.4, -0.2) is 17.0 Å². The second-order valence-electron chi connectivity index (χ2n) is 4.97. The maximum absolute atomic E-state index is 6.06. The second kappa shape index (κ2) is 5.66. The summed E-state index contributed by atoms with van der Waals surface area (Å²) in [7, 11) is 1.99. The Hall–Kier alpha value is -1.59. The number of hydrogen-bond donors (Lipinski definition) is 0. The Labute approximate surface area is 132 Å². The van der Waals surface area contributed by atoms with Crippen molar-refractivity contribution in [2.75, 3.05) is 11.9 Å². The zero-order valence-corrected chi connectivity index (χ0v) is 13.8. The molecule has 3 rings (SSSR count). The highest BCUT2D eigenvalue weighted by molar-refractivity contribution is 7.18. The molecule has 0 atom stereocenters. The third-order valence-electron chi connectivity index (χ3n) is 3.30. The van der Waals surface area contributed by atoms with Crippen molar-refractivity contribution in [2.24, 2.45) is 0 Å². The van der Waals surface area contributed by atoms with E-state index in [9.17, 15) is 0 Å². The number of hydrogen-bond acceptors (Lipinski definition) is 5. The summed E-state index contributed by atoms with van der Waals surface area (Å²) in [5, 5.41) is 1.33. The van der Waals surface area contributed by atoms with E-state index in [1.807, 2.05) is 31.0 Å². The molecule has 0 bridgehead atoms. The molecule has 3 aromatic heterocycles. The lowest BCUT2D eigenvalue weighted by Crippen LogP contribution is -2.17. The fourth-order valence-electron chi connectivity index (χ4n) is 2.27. The van der Waals surface area contributed by atoms with Crippen LogP contribution in [0.15, 0.2) is 22.6 Å². The summed E-state index contributed by atoms with van der Waals surface area (Å²) in [6, 6.07) is 6.10. The molecule has 6 heteroatoms. The summed E-state index contributed by atoms with van der Waals surface area (Å²) >= 11 is 7.73. The van der Waals surface area contributed by atoms with Crippen molar-refractivity contribution in [3.05, 3.63) is 39.9 Å². The van der Waals surface area contributed by atoms with Crippen LogP contribution in [0.5, 0.6) is 0 Å². The van der Waals surface area contributed by atoms with Crippen LogP contribution < -0.4 is 4.90 Å². The van der Waals surface area contributed by atoms with Gasteiger partial charge in [-0.05, 0) is 43.1 Å². The summed E-state index contributed by atoms with van der Waals surface area (Å²) < 4.78 is 5.63. The van der Waals surface area contributed by atoms with Gasteiger partial charge in [0.05, 0.1) is 11.9 Å². The minimum absolute atomic E-state index is 0.282. The molecule has 0 aliphatic rings. The van der Waals surface area contributed by atoms with Crippen molar-refractivity contribution in [3.63, 3.8) is 0 Å². The second-order valence-corrected chi connectivity index (χ2v) is 6.42. The summed E-state index contributed by atoms with van der Waals surface area (Å²) in [6.07, 6.45) is 0.985. The van der Waals surface area contributed by atoms with Crippen LogP contribution in [0.2, 0.25) is 5.28 Å². The zero-order valence-electron chi connectivity index (χ0n) is 12.2. The number of fused-ring (bicyclic) bond motifs is 1. The SMILES string of the molecule is CCc1cc2c(N(C)Cc3ccc(C)o3)nc(Cl)nc2s1. The smallest absolute Gasteiger partial charge is 0.225 e. The molecule has 4 nitrogen and oxygen atoms in total. The van der Waals surface area contributed by atoms with Crippen LogP contribution in [0.4, 0.5) is 5.82 Å². The van der Waals surface area contributed by atoms with E-state index in [1.54, 1.807) is 11.3 Å². The first kappa shape index (κ1) is 14.4. The Morgan fingerprint density at radius 2 is 2.14 bits per heavy atom. The van der Waals surface area contributed by atoms with E-state index < -0.39 is 0 Å². The normalized spacial score (nSPS) is 11.2. The van der Waals surface area contributed by atoms with Crippen LogP contribution in [0.1, 0.15) is 23.3 Å². The van der Waals surface area contributed by atoms with Gasteiger partial charge >= 0.3 is 0 Å². The van der Waals surface area contributed by atoms with Crippen LogP contribution in [0, 0.1) is 6.92 Å². The molecule has 0 fully saturated rings. The first-order chi connectivity index (χ1) is 10.1. The highest BCUT2D eigenvalue weighted by Gasteiger charge is 2.15. The van der Waals surface area contributed by atoms with Crippen LogP contribution in [0.25, 0.3) is 10.2 Å². The predicted octanol–water partition coefficient (Wildman–Crippen LogP) is 4.44. The topological polar surface area (TPSA) is 42.2 Å². The number of nitrogens with zero attached hydrogens (tertiary/aromatic N) is 3. The molecule has 21 heavy (non-hydrogen) atoms. The summed E-state index contributed by atoms with van der Waals surface area (Å²) in [5.41, 5.74) is 0. The molecular weight excluding hydrogens is 306 g/mol. The molecule has 0 aromatic carbocycles. The van der Waals surface area contributed by atoms with Crippen molar-refractivity contribution in [1.29, 1.82) is 0 Å². The first-order valence-electron chi connectivity index (χ1n) is 6.79. The molecule has 3 heterocycles. The molecular formula is C15H16ClN3OS. The molecule has 110 valence electrons. The van der Waals surface area contributed by atoms with E-state index in [2.05, 4.69) is 23.0 Å². The Balaban J connectivity index is 1.99. The van der Waals surface area contributed by atoms with E-state index in [1.165, 1.54) is 4.88 Å². The van der Waals surface area contributed by atoms with Crippen LogP contribution in [0.3, 0.4) is 0 Å². The zero-order chi connectivity index (χ0) is 15.0. The van der Waals surface area contributed by atoms with Crippen LogP contribution in [-0.2, 0) is 13.0 Å². The van der Waals surface area contributed by atoms with Gasteiger partial charge in [0.15, 0.2) is 0 Å². The molecule has 3 aromatic rings. The predicted molar refractivity (Wildman–Crippen MR) is 87.4 cm³/mol. The minimum Gasteiger partial charge on any atom is -0.464 e. The number of thiophene rings is 1. The summed E-state index contributed by atoms with van der Waals surface area (Å²) in [4.78, 5) is 13.0. The number of anilines is 1. The summed E-state index contributed by atoms with van der Waals surface area (Å²) in [6.45, 7) is 4.72. The van der Waals surface area contributed by atoms with Crippen molar-refractivity contribution >= 4 is 39.0 Å². The summed E-state index contributed by atoms with van der Waals surface area (Å²) in [5.74, 6) is 2.66. The first-order valence-corrected chi connectivity index (χ1v) is 7.98. The molecule has 0 saturated heterocycles. The molecule has 0 aliphatic carbocycles. The largest absolute Gasteiger partial charge is 0.464 e. The fourth-order valence-corrected chi connectivity index (χ4v) is 3.45. The van der Waals surface area contributed by atoms with Gasteiger partial charge in [-0.15, -0.1) is 11.3 Å². The highest BCUT2D eigenvalue weighted by atomic mass is 35.5. The van der Waals surface area contributed by atoms with Gasteiger partial charge in [0.25, 0.3) is 0 Å². The van der Waals surface area contributed by atoms with Gasteiger partial charge in [-0.1, -0.05) is 6.92 Å². The molecule has 0 amide bonds. The lowest BCUT2D eigenvalue weighted by Gasteiger charge is -2.17. The average molecular weight is 322 g/mol. The van der Waals surface area contributed by atoms with E-state index in [4.69, 9.17) is 16.0 Å². The fraction of sp³-hybridized carbons (Fsp3) is 0.333. The van der Waals surface area contributed by atoms with Crippen molar-refractivity contribution in [3.8, 4) is 0 Å². The third-order valence-corrected chi connectivity index (χ3v) is 4.64. The van der Waals surface area contributed by atoms with Gasteiger partial charge < -0.3 is 9.32 Å². The Bertz CT molecular complexity index is 780. The lowest BCUT2D eigenvalue weighted by atomic mass is 10.3. The average Bonchev–Trinajstić information content (AvgIpc) is 3.03. The van der Waals surface area contributed by atoms with Gasteiger partial charge in [0.1, 0.15) is 22.2 Å². The molecule has 0 saturated carbocycles. The van der Waals surface area contributed by atoms with Gasteiger partial charge in [0, 0.05) is 11.9 Å². The minimum atomic E-state index is 0.282. The number of rotatable bonds is 4. The van der Waals surface area contributed by atoms with Gasteiger partial charge in [-0.2, -0.15) is 4.98 Å². The van der Waals surface area contributed by atoms with Gasteiger partial charge in [-0.25, -0.2) is 4.98 Å². The third kappa shape index (κ3) is 2.89. The van der Waals surface area contributed by atoms with Gasteiger partial charge in [-0.3, -0.25) is 0 Å². The number of aromatic nitrogens is 2. The van der Waals surface area contributed by atoms with Crippen LogP contribution >= 0.6 is 22.9 Å². The maximum atomic E-state index is 6.06. The Morgan fingerprint density at radius 3 is 2.81 bits per heavy atom. The van der Waals surface area contributed by atoms with E-state index >= 15 is 0 Å². The number of aryl methyl sites for hydroxylation is 2. The Kier molecular flexibility index (Phi) is 3.87. The molecule has 0 spiro atoms. The van der Waals surface area contributed by atoms with Crippen molar-refractivity contribution < 1.29 is 4.42 Å². The molecule has 0 unspecified atom stereocenters. The monoisotopic (exact) mass is 321 g/mol. The van der Waals surface area contributed by atoms with Gasteiger partial charge in [0.2, 0.25) is 5.28 Å². The lowest BCUT2D eigenvalue weighted by molar-refractivity contribution is 0.481. The molecule has 0 N–H and O–H groups in total. The van der Waals surface area contributed by atoms with Crippen molar-refractivity contribution in [1.82, 2.24) is 9.97 Å². The maximum Gasteiger partial charge on any atom is 0.225 e. The highest BCUT2D eigenvalue weighted by Crippen LogP contribution is 2.32. The molecule has 0 radical (unpaired) electrons. The molecule has 0 aliphatic heterocycles. The number of halogens is 1. The standard InChI is InChI=1S/C15H16ClN3OS/c1-4-11-7-12-13(17-15(16)18-14(12)21-11)19(3)8-10-6-5-9(2)20-10/h5-7H,4,8H2,1-3H3. The number of furan rings is 1.